The number of piperazine rings is 1. The third kappa shape index (κ3) is 4.40. The maximum atomic E-state index is 13.0. The van der Waals surface area contributed by atoms with E-state index >= 15 is 0 Å². The highest BCUT2D eigenvalue weighted by atomic mass is 19.4. The number of imidazole rings is 1. The fourth-order valence-electron chi connectivity index (χ4n) is 3.28. The molecule has 3 heterocycles. The molecule has 0 aromatic carbocycles. The Hall–Kier alpha value is -3.53. The van der Waals surface area contributed by atoms with Gasteiger partial charge in [0.05, 0.1) is 20.2 Å². The van der Waals surface area contributed by atoms with Crippen LogP contribution in [0.2, 0.25) is 0 Å². The number of alkyl halides is 3. The Balaban J connectivity index is 2.23. The number of rotatable bonds is 6. The minimum atomic E-state index is -5.16. The van der Waals surface area contributed by atoms with Gasteiger partial charge in [-0.05, 0) is 6.92 Å². The van der Waals surface area contributed by atoms with Crippen molar-refractivity contribution in [2.75, 3.05) is 31.6 Å². The normalized spacial score (nSPS) is 16.4. The molecule has 0 amide bonds. The lowest BCUT2D eigenvalue weighted by Crippen LogP contribution is -2.54. The summed E-state index contributed by atoms with van der Waals surface area (Å²) < 4.78 is 51.0. The second-order valence-corrected chi connectivity index (χ2v) is 6.66. The number of esters is 1. The standard InChI is InChI=1S/C19H21F3N6O4/c1-4-6-9-27-13-14(24-17(31-3)25-15(13)28(8-5-2)18(27)30)26-10-7-23-11-12(26)32-16(29)19(20,21)22/h5,12,23H,2,7-11H2,1,3H3. The molecular formula is C19H21F3N6O4. The maximum Gasteiger partial charge on any atom is 0.491 e. The number of carbonyl (C=O) groups is 1. The second-order valence-electron chi connectivity index (χ2n) is 6.66. The summed E-state index contributed by atoms with van der Waals surface area (Å²) in [5, 5.41) is 2.88. The Labute approximate surface area is 180 Å². The van der Waals surface area contributed by atoms with Gasteiger partial charge in [-0.2, -0.15) is 23.1 Å². The summed E-state index contributed by atoms with van der Waals surface area (Å²) in [6.45, 7) is 5.81. The van der Waals surface area contributed by atoms with E-state index in [1.165, 1.54) is 27.2 Å². The monoisotopic (exact) mass is 454 g/mol. The molecule has 0 radical (unpaired) electrons. The molecule has 0 aliphatic carbocycles. The highest BCUT2D eigenvalue weighted by Crippen LogP contribution is 2.29. The average Bonchev–Trinajstić information content (AvgIpc) is 3.02. The first-order valence-electron chi connectivity index (χ1n) is 9.53. The van der Waals surface area contributed by atoms with E-state index in [2.05, 4.69) is 33.7 Å². The smallest absolute Gasteiger partial charge is 0.467 e. The van der Waals surface area contributed by atoms with Gasteiger partial charge in [-0.15, -0.1) is 12.5 Å². The van der Waals surface area contributed by atoms with Gasteiger partial charge in [0.2, 0.25) is 0 Å². The van der Waals surface area contributed by atoms with Gasteiger partial charge >= 0.3 is 23.8 Å². The molecule has 2 aromatic heterocycles. The predicted octanol–water partition coefficient (Wildman–Crippen LogP) is 0.652. The molecule has 1 saturated heterocycles. The topological polar surface area (TPSA) is 104 Å². The Morgan fingerprint density at radius 1 is 1.38 bits per heavy atom. The molecule has 1 atom stereocenters. The van der Waals surface area contributed by atoms with Crippen LogP contribution in [-0.2, 0) is 22.6 Å². The molecule has 1 fully saturated rings. The molecule has 172 valence electrons. The van der Waals surface area contributed by atoms with Crippen LogP contribution >= 0.6 is 0 Å². The number of methoxy groups -OCH3 is 1. The van der Waals surface area contributed by atoms with Gasteiger partial charge in [-0.3, -0.25) is 9.13 Å². The van der Waals surface area contributed by atoms with Gasteiger partial charge in [0.15, 0.2) is 17.7 Å². The number of nitrogens with one attached hydrogen (secondary N) is 1. The van der Waals surface area contributed by atoms with Crippen LogP contribution < -0.4 is 20.6 Å². The van der Waals surface area contributed by atoms with Gasteiger partial charge in [-0.25, -0.2) is 9.59 Å². The van der Waals surface area contributed by atoms with E-state index in [0.29, 0.717) is 6.54 Å². The molecule has 10 nitrogen and oxygen atoms in total. The molecule has 1 aliphatic heterocycles. The largest absolute Gasteiger partial charge is 0.491 e. The number of halogens is 3. The molecule has 0 saturated carbocycles. The quantitative estimate of drug-likeness (QED) is 0.386. The van der Waals surface area contributed by atoms with Crippen LogP contribution in [0.5, 0.6) is 6.01 Å². The number of carbonyl (C=O) groups excluding carboxylic acids is 1. The van der Waals surface area contributed by atoms with E-state index < -0.39 is 24.1 Å². The van der Waals surface area contributed by atoms with E-state index in [4.69, 9.17) is 9.47 Å². The zero-order valence-electron chi connectivity index (χ0n) is 17.4. The summed E-state index contributed by atoms with van der Waals surface area (Å²) in [4.78, 5) is 34.5. The lowest BCUT2D eigenvalue weighted by molar-refractivity contribution is -0.205. The van der Waals surface area contributed by atoms with Crippen LogP contribution in [0.15, 0.2) is 17.4 Å². The van der Waals surface area contributed by atoms with Crippen molar-refractivity contribution < 1.29 is 27.4 Å². The number of ether oxygens (including phenoxy) is 2. The van der Waals surface area contributed by atoms with Crippen LogP contribution in [0.3, 0.4) is 0 Å². The minimum Gasteiger partial charge on any atom is -0.467 e. The number of nitrogens with zero attached hydrogens (tertiary/aromatic N) is 5. The van der Waals surface area contributed by atoms with Crippen molar-refractivity contribution in [3.63, 3.8) is 0 Å². The van der Waals surface area contributed by atoms with E-state index in [1.54, 1.807) is 6.92 Å². The molecule has 32 heavy (non-hydrogen) atoms. The van der Waals surface area contributed by atoms with E-state index in [9.17, 15) is 22.8 Å². The van der Waals surface area contributed by atoms with E-state index in [0.717, 1.165) is 0 Å². The first-order chi connectivity index (χ1) is 15.2. The summed E-state index contributed by atoms with van der Waals surface area (Å²) in [6.07, 6.45) is -4.98. The van der Waals surface area contributed by atoms with Crippen molar-refractivity contribution in [2.24, 2.45) is 0 Å². The Morgan fingerprint density at radius 2 is 2.12 bits per heavy atom. The number of hydrogen-bond donors (Lipinski definition) is 1. The minimum absolute atomic E-state index is 0.00222. The van der Waals surface area contributed by atoms with Crippen LogP contribution in [0.4, 0.5) is 19.0 Å². The second kappa shape index (κ2) is 9.31. The lowest BCUT2D eigenvalue weighted by atomic mass is 10.3. The van der Waals surface area contributed by atoms with E-state index in [1.807, 2.05) is 0 Å². The molecule has 13 heteroatoms. The van der Waals surface area contributed by atoms with Crippen LogP contribution in [0.25, 0.3) is 11.2 Å². The molecule has 0 spiro atoms. The zero-order chi connectivity index (χ0) is 23.5. The first-order valence-corrected chi connectivity index (χ1v) is 9.53. The van der Waals surface area contributed by atoms with Gasteiger partial charge < -0.3 is 19.7 Å². The fraction of sp³-hybridized carbons (Fsp3) is 0.474. The Bertz CT molecular complexity index is 1140. The van der Waals surface area contributed by atoms with Crippen molar-refractivity contribution in [3.8, 4) is 17.9 Å². The Kier molecular flexibility index (Phi) is 6.73. The number of hydrogen-bond acceptors (Lipinski definition) is 8. The molecular weight excluding hydrogens is 433 g/mol. The van der Waals surface area contributed by atoms with Gasteiger partial charge in [0.25, 0.3) is 0 Å². The average molecular weight is 454 g/mol. The fourth-order valence-corrected chi connectivity index (χ4v) is 3.28. The summed E-state index contributed by atoms with van der Waals surface area (Å²) >= 11 is 0. The zero-order valence-corrected chi connectivity index (χ0v) is 17.4. The van der Waals surface area contributed by atoms with Crippen molar-refractivity contribution >= 4 is 23.0 Å². The molecule has 1 aliphatic rings. The Morgan fingerprint density at radius 3 is 2.75 bits per heavy atom. The van der Waals surface area contributed by atoms with Gasteiger partial charge in [0, 0.05) is 19.6 Å². The molecule has 1 unspecified atom stereocenters. The van der Waals surface area contributed by atoms with Crippen LogP contribution in [-0.4, -0.2) is 64.2 Å². The number of aromatic nitrogens is 4. The summed E-state index contributed by atoms with van der Waals surface area (Å²) in [6, 6.07) is -0.108. The van der Waals surface area contributed by atoms with Crippen molar-refractivity contribution in [3.05, 3.63) is 23.1 Å². The maximum absolute atomic E-state index is 13.0. The molecule has 0 bridgehead atoms. The summed E-state index contributed by atoms with van der Waals surface area (Å²) in [5.74, 6) is 3.26. The predicted molar refractivity (Wildman–Crippen MR) is 108 cm³/mol. The number of anilines is 1. The molecule has 1 N–H and O–H groups in total. The van der Waals surface area contributed by atoms with Gasteiger partial charge in [0.1, 0.15) is 5.52 Å². The first kappa shape index (κ1) is 23.1. The lowest BCUT2D eigenvalue weighted by Gasteiger charge is -2.36. The van der Waals surface area contributed by atoms with E-state index in [-0.39, 0.29) is 49.2 Å². The van der Waals surface area contributed by atoms with Crippen molar-refractivity contribution in [1.29, 1.82) is 0 Å². The highest BCUT2D eigenvalue weighted by molar-refractivity contribution is 5.85. The number of fused-ring (bicyclic) bond motifs is 1. The molecule has 2 aromatic rings. The van der Waals surface area contributed by atoms with Crippen LogP contribution in [0, 0.1) is 11.8 Å². The summed E-state index contributed by atoms with van der Waals surface area (Å²) in [7, 11) is 1.32. The SMILES string of the molecule is C=CCn1c(=O)n(CC#CC)c2c(N3CCNCC3OC(=O)C(F)(F)F)nc(OC)nc21. The third-order valence-corrected chi connectivity index (χ3v) is 4.66. The van der Waals surface area contributed by atoms with Gasteiger partial charge in [-0.1, -0.05) is 12.0 Å². The summed E-state index contributed by atoms with van der Waals surface area (Å²) in [5.41, 5.74) is -0.0325. The highest BCUT2D eigenvalue weighted by Gasteiger charge is 2.44. The number of allylic oxidation sites excluding steroid dienone is 1. The van der Waals surface area contributed by atoms with Crippen LogP contribution in [0.1, 0.15) is 6.92 Å². The molecule has 3 rings (SSSR count). The third-order valence-electron chi connectivity index (χ3n) is 4.66. The van der Waals surface area contributed by atoms with Crippen molar-refractivity contribution in [1.82, 2.24) is 24.4 Å². The van der Waals surface area contributed by atoms with Crippen molar-refractivity contribution in [2.45, 2.75) is 32.4 Å².